The second-order valence-corrected chi connectivity index (χ2v) is 6.38. The van der Waals surface area contributed by atoms with Crippen LogP contribution in [0.3, 0.4) is 0 Å². The first-order valence-corrected chi connectivity index (χ1v) is 8.31. The SMILES string of the molecule is CC(C)Oc1cc(O)c(-c2ccccc2N(C)C=O)cc1OC(C)C. The number of phenolic OH excluding ortho intramolecular Hbond substituents is 1. The molecule has 0 heterocycles. The Morgan fingerprint density at radius 2 is 1.52 bits per heavy atom. The van der Waals surface area contributed by atoms with E-state index in [1.807, 2.05) is 52.0 Å². The van der Waals surface area contributed by atoms with Gasteiger partial charge in [0.25, 0.3) is 0 Å². The summed E-state index contributed by atoms with van der Waals surface area (Å²) in [5.41, 5.74) is 2.01. The normalized spacial score (nSPS) is 10.8. The molecule has 5 nitrogen and oxygen atoms in total. The highest BCUT2D eigenvalue weighted by Crippen LogP contribution is 2.43. The third-order valence-corrected chi connectivity index (χ3v) is 3.52. The van der Waals surface area contributed by atoms with Crippen molar-refractivity contribution >= 4 is 12.1 Å². The number of amides is 1. The highest BCUT2D eigenvalue weighted by atomic mass is 16.5. The van der Waals surface area contributed by atoms with Gasteiger partial charge >= 0.3 is 0 Å². The third kappa shape index (κ3) is 4.44. The number of carbonyl (C=O) groups excluding carboxylic acids is 1. The van der Waals surface area contributed by atoms with E-state index in [2.05, 4.69) is 0 Å². The summed E-state index contributed by atoms with van der Waals surface area (Å²) < 4.78 is 11.6. The van der Waals surface area contributed by atoms with Gasteiger partial charge in [-0.2, -0.15) is 0 Å². The number of anilines is 1. The topological polar surface area (TPSA) is 59.0 Å². The molecule has 0 atom stereocenters. The van der Waals surface area contributed by atoms with Crippen LogP contribution in [0.5, 0.6) is 17.2 Å². The lowest BCUT2D eigenvalue weighted by molar-refractivity contribution is -0.107. The average molecular weight is 343 g/mol. The highest BCUT2D eigenvalue weighted by molar-refractivity contribution is 5.89. The molecular formula is C20H25NO4. The summed E-state index contributed by atoms with van der Waals surface area (Å²) in [4.78, 5) is 12.6. The number of aromatic hydroxyl groups is 1. The fourth-order valence-corrected chi connectivity index (χ4v) is 2.52. The largest absolute Gasteiger partial charge is 0.507 e. The van der Waals surface area contributed by atoms with Gasteiger partial charge in [-0.1, -0.05) is 18.2 Å². The Morgan fingerprint density at radius 3 is 2.08 bits per heavy atom. The van der Waals surface area contributed by atoms with Crippen molar-refractivity contribution in [3.8, 4) is 28.4 Å². The number of carbonyl (C=O) groups is 1. The van der Waals surface area contributed by atoms with Gasteiger partial charge in [0.05, 0.1) is 17.9 Å². The Labute approximate surface area is 148 Å². The quantitative estimate of drug-likeness (QED) is 0.765. The van der Waals surface area contributed by atoms with Gasteiger partial charge in [0.1, 0.15) is 5.75 Å². The van der Waals surface area contributed by atoms with Crippen molar-refractivity contribution in [2.24, 2.45) is 0 Å². The number of benzene rings is 2. The zero-order valence-corrected chi connectivity index (χ0v) is 15.3. The number of hydrogen-bond donors (Lipinski definition) is 1. The molecule has 0 aliphatic rings. The number of rotatable bonds is 7. The van der Waals surface area contributed by atoms with Crippen molar-refractivity contribution < 1.29 is 19.4 Å². The van der Waals surface area contributed by atoms with E-state index in [0.29, 0.717) is 22.7 Å². The maximum atomic E-state index is 11.2. The molecule has 0 spiro atoms. The number of ether oxygens (including phenoxy) is 2. The Bertz CT molecular complexity index is 740. The fraction of sp³-hybridized carbons (Fsp3) is 0.350. The minimum atomic E-state index is -0.0479. The van der Waals surface area contributed by atoms with E-state index < -0.39 is 0 Å². The number of nitrogens with zero attached hydrogens (tertiary/aromatic N) is 1. The van der Waals surface area contributed by atoms with Crippen LogP contribution >= 0.6 is 0 Å². The molecule has 2 aromatic rings. The van der Waals surface area contributed by atoms with Gasteiger partial charge in [-0.15, -0.1) is 0 Å². The van der Waals surface area contributed by atoms with Gasteiger partial charge in [0.15, 0.2) is 11.5 Å². The van der Waals surface area contributed by atoms with Crippen LogP contribution in [0.25, 0.3) is 11.1 Å². The molecule has 1 amide bonds. The van der Waals surface area contributed by atoms with Crippen LogP contribution in [-0.2, 0) is 4.79 Å². The summed E-state index contributed by atoms with van der Waals surface area (Å²) in [6.07, 6.45) is 0.644. The van der Waals surface area contributed by atoms with Crippen molar-refractivity contribution in [1.82, 2.24) is 0 Å². The molecule has 0 aliphatic carbocycles. The molecule has 0 unspecified atom stereocenters. The van der Waals surface area contributed by atoms with E-state index in [4.69, 9.17) is 9.47 Å². The van der Waals surface area contributed by atoms with Gasteiger partial charge in [-0.25, -0.2) is 0 Å². The third-order valence-electron chi connectivity index (χ3n) is 3.52. The van der Waals surface area contributed by atoms with Crippen LogP contribution in [0, 0.1) is 0 Å². The standard InChI is InChI=1S/C20H25NO4/c1-13(2)24-19-10-16(18(23)11-20(19)25-14(3)4)15-8-6-7-9-17(15)21(5)12-22/h6-14,23H,1-5H3. The molecule has 25 heavy (non-hydrogen) atoms. The monoisotopic (exact) mass is 343 g/mol. The summed E-state index contributed by atoms with van der Waals surface area (Å²) in [6, 6.07) is 10.7. The van der Waals surface area contributed by atoms with E-state index in [1.54, 1.807) is 19.2 Å². The minimum Gasteiger partial charge on any atom is -0.507 e. The molecule has 2 aromatic carbocycles. The van der Waals surface area contributed by atoms with E-state index >= 15 is 0 Å². The zero-order chi connectivity index (χ0) is 18.6. The fourth-order valence-electron chi connectivity index (χ4n) is 2.52. The first kappa shape index (κ1) is 18.6. The van der Waals surface area contributed by atoms with Gasteiger partial charge in [-0.05, 0) is 39.8 Å². The van der Waals surface area contributed by atoms with Crippen LogP contribution in [0.2, 0.25) is 0 Å². The number of phenols is 1. The molecular weight excluding hydrogens is 318 g/mol. The van der Waals surface area contributed by atoms with E-state index in [9.17, 15) is 9.90 Å². The minimum absolute atomic E-state index is 0.0419. The first-order chi connectivity index (χ1) is 11.8. The van der Waals surface area contributed by atoms with E-state index in [-0.39, 0.29) is 18.0 Å². The first-order valence-electron chi connectivity index (χ1n) is 8.31. The predicted molar refractivity (Wildman–Crippen MR) is 99.5 cm³/mol. The lowest BCUT2D eigenvalue weighted by atomic mass is 10.0. The van der Waals surface area contributed by atoms with E-state index in [0.717, 1.165) is 12.0 Å². The van der Waals surface area contributed by atoms with Gasteiger partial charge in [0, 0.05) is 24.2 Å². The Morgan fingerprint density at radius 1 is 0.960 bits per heavy atom. The molecule has 134 valence electrons. The van der Waals surface area contributed by atoms with Crippen molar-refractivity contribution in [1.29, 1.82) is 0 Å². The van der Waals surface area contributed by atoms with Crippen LogP contribution in [0.15, 0.2) is 36.4 Å². The molecule has 0 aromatic heterocycles. The summed E-state index contributed by atoms with van der Waals surface area (Å²) in [5, 5.41) is 10.6. The lowest BCUT2D eigenvalue weighted by Crippen LogP contribution is -2.14. The average Bonchev–Trinajstić information content (AvgIpc) is 2.55. The number of para-hydroxylation sites is 1. The summed E-state index contributed by atoms with van der Waals surface area (Å²) >= 11 is 0. The molecule has 0 fully saturated rings. The molecule has 0 aliphatic heterocycles. The molecule has 0 saturated carbocycles. The number of hydrogen-bond acceptors (Lipinski definition) is 4. The maximum absolute atomic E-state index is 11.2. The van der Waals surface area contributed by atoms with Crippen molar-refractivity contribution in [2.45, 2.75) is 39.9 Å². The van der Waals surface area contributed by atoms with Crippen molar-refractivity contribution in [2.75, 3.05) is 11.9 Å². The Balaban J connectivity index is 2.61. The van der Waals surface area contributed by atoms with Crippen LogP contribution in [0.4, 0.5) is 5.69 Å². The highest BCUT2D eigenvalue weighted by Gasteiger charge is 2.18. The van der Waals surface area contributed by atoms with Gasteiger partial charge in [0.2, 0.25) is 6.41 Å². The Hall–Kier alpha value is -2.69. The van der Waals surface area contributed by atoms with E-state index in [1.165, 1.54) is 4.90 Å². The summed E-state index contributed by atoms with van der Waals surface area (Å²) in [6.45, 7) is 7.69. The molecule has 5 heteroatoms. The molecule has 1 N–H and O–H groups in total. The predicted octanol–water partition coefficient (Wildman–Crippen LogP) is 4.23. The maximum Gasteiger partial charge on any atom is 0.213 e. The van der Waals surface area contributed by atoms with Gasteiger partial charge in [-0.3, -0.25) is 4.79 Å². The van der Waals surface area contributed by atoms with Crippen LogP contribution in [0.1, 0.15) is 27.7 Å². The summed E-state index contributed by atoms with van der Waals surface area (Å²) in [7, 11) is 1.67. The molecule has 0 radical (unpaired) electrons. The van der Waals surface area contributed by atoms with Crippen molar-refractivity contribution in [3.05, 3.63) is 36.4 Å². The van der Waals surface area contributed by atoms with Gasteiger partial charge < -0.3 is 19.5 Å². The zero-order valence-electron chi connectivity index (χ0n) is 15.3. The smallest absolute Gasteiger partial charge is 0.213 e. The van der Waals surface area contributed by atoms with Crippen LogP contribution < -0.4 is 14.4 Å². The Kier molecular flexibility index (Phi) is 5.91. The second-order valence-electron chi connectivity index (χ2n) is 6.38. The summed E-state index contributed by atoms with van der Waals surface area (Å²) in [5.74, 6) is 1.12. The van der Waals surface area contributed by atoms with Crippen LogP contribution in [-0.4, -0.2) is 30.8 Å². The van der Waals surface area contributed by atoms with Crippen molar-refractivity contribution in [3.63, 3.8) is 0 Å². The lowest BCUT2D eigenvalue weighted by Gasteiger charge is -2.21. The molecule has 0 bridgehead atoms. The molecule has 2 rings (SSSR count). The molecule has 0 saturated heterocycles. The second kappa shape index (κ2) is 7.92.